The topological polar surface area (TPSA) is 45.2 Å². The molecular weight excluding hydrogens is 321 g/mol. The number of halogens is 2. The van der Waals surface area contributed by atoms with Crippen molar-refractivity contribution >= 4 is 40.5 Å². The zero-order valence-electron chi connectivity index (χ0n) is 12.4. The van der Waals surface area contributed by atoms with E-state index in [2.05, 4.69) is 10.3 Å². The zero-order chi connectivity index (χ0) is 16.1. The van der Waals surface area contributed by atoms with Crippen molar-refractivity contribution in [3.8, 4) is 0 Å². The number of rotatable bonds is 5. The predicted molar refractivity (Wildman–Crippen MR) is 91.2 cm³/mol. The Bertz CT molecular complexity index is 672. The molecule has 0 bridgehead atoms. The first kappa shape index (κ1) is 16.6. The van der Waals surface area contributed by atoms with Crippen molar-refractivity contribution in [3.63, 3.8) is 0 Å². The minimum atomic E-state index is -0.0918. The number of anilines is 2. The van der Waals surface area contributed by atoms with E-state index in [4.69, 9.17) is 23.2 Å². The summed E-state index contributed by atoms with van der Waals surface area (Å²) in [5, 5.41) is 4.29. The van der Waals surface area contributed by atoms with Gasteiger partial charge < -0.3 is 10.2 Å². The van der Waals surface area contributed by atoms with Gasteiger partial charge in [0.25, 0.3) is 5.91 Å². The number of carbonyl (C=O) groups excluding carboxylic acids is 1. The van der Waals surface area contributed by atoms with Crippen LogP contribution in [0.4, 0.5) is 11.4 Å². The van der Waals surface area contributed by atoms with Gasteiger partial charge in [0.05, 0.1) is 10.7 Å². The van der Waals surface area contributed by atoms with Gasteiger partial charge in [0.15, 0.2) is 0 Å². The largest absolute Gasteiger partial charge is 0.354 e. The highest BCUT2D eigenvalue weighted by molar-refractivity contribution is 6.35. The predicted octanol–water partition coefficient (Wildman–Crippen LogP) is 4.61. The molecular formula is C16H17Cl2N3O. The Kier molecular flexibility index (Phi) is 5.63. The van der Waals surface area contributed by atoms with Crippen molar-refractivity contribution in [2.45, 2.75) is 13.8 Å². The molecule has 4 nitrogen and oxygen atoms in total. The van der Waals surface area contributed by atoms with Crippen molar-refractivity contribution in [1.29, 1.82) is 0 Å². The summed E-state index contributed by atoms with van der Waals surface area (Å²) >= 11 is 12.1. The second-order valence-corrected chi connectivity index (χ2v) is 5.50. The Morgan fingerprint density at radius 3 is 2.59 bits per heavy atom. The van der Waals surface area contributed by atoms with E-state index in [1.165, 1.54) is 0 Å². The molecule has 2 aromatic rings. The van der Waals surface area contributed by atoms with Crippen LogP contribution in [0.25, 0.3) is 0 Å². The normalized spacial score (nSPS) is 10.4. The third-order valence-electron chi connectivity index (χ3n) is 3.24. The summed E-state index contributed by atoms with van der Waals surface area (Å²) in [5.41, 5.74) is 1.81. The Morgan fingerprint density at radius 2 is 1.91 bits per heavy atom. The van der Waals surface area contributed by atoms with Crippen LogP contribution < -0.4 is 5.32 Å². The summed E-state index contributed by atoms with van der Waals surface area (Å²) in [6.07, 6.45) is 1.59. The molecule has 0 fully saturated rings. The monoisotopic (exact) mass is 337 g/mol. The van der Waals surface area contributed by atoms with E-state index in [0.717, 1.165) is 5.69 Å². The SMILES string of the molecule is CCN(CC)C(=O)c1cc(Nc2cc(Cl)ccc2Cl)ccn1. The number of carbonyl (C=O) groups is 1. The summed E-state index contributed by atoms with van der Waals surface area (Å²) in [5.74, 6) is -0.0918. The van der Waals surface area contributed by atoms with E-state index in [9.17, 15) is 4.79 Å². The van der Waals surface area contributed by atoms with Crippen molar-refractivity contribution in [1.82, 2.24) is 9.88 Å². The number of hydrogen-bond acceptors (Lipinski definition) is 3. The quantitative estimate of drug-likeness (QED) is 0.866. The molecule has 22 heavy (non-hydrogen) atoms. The van der Waals surface area contributed by atoms with E-state index >= 15 is 0 Å². The van der Waals surface area contributed by atoms with Gasteiger partial charge >= 0.3 is 0 Å². The van der Waals surface area contributed by atoms with Crippen LogP contribution in [0.1, 0.15) is 24.3 Å². The van der Waals surface area contributed by atoms with Gasteiger partial charge in [-0.3, -0.25) is 9.78 Å². The maximum absolute atomic E-state index is 12.3. The van der Waals surface area contributed by atoms with Crippen molar-refractivity contribution in [2.75, 3.05) is 18.4 Å². The molecule has 1 amide bonds. The van der Waals surface area contributed by atoms with Gasteiger partial charge in [-0.05, 0) is 44.2 Å². The molecule has 2 rings (SSSR count). The lowest BCUT2D eigenvalue weighted by atomic mass is 10.2. The smallest absolute Gasteiger partial charge is 0.272 e. The van der Waals surface area contributed by atoms with Crippen molar-refractivity contribution < 1.29 is 4.79 Å². The lowest BCUT2D eigenvalue weighted by molar-refractivity contribution is 0.0767. The van der Waals surface area contributed by atoms with Gasteiger partial charge in [0.2, 0.25) is 0 Å². The Labute approximate surface area is 140 Å². The molecule has 1 N–H and O–H groups in total. The number of benzene rings is 1. The summed E-state index contributed by atoms with van der Waals surface area (Å²) < 4.78 is 0. The maximum Gasteiger partial charge on any atom is 0.272 e. The van der Waals surface area contributed by atoms with Crippen molar-refractivity contribution in [2.24, 2.45) is 0 Å². The molecule has 1 aromatic heterocycles. The minimum absolute atomic E-state index is 0.0918. The molecule has 0 saturated carbocycles. The standard InChI is InChI=1S/C16H17Cl2N3O/c1-3-21(4-2)16(22)15-10-12(7-8-19-15)20-14-9-11(17)5-6-13(14)18/h5-10H,3-4H2,1-2H3,(H,19,20). The summed E-state index contributed by atoms with van der Waals surface area (Å²) in [4.78, 5) is 18.2. The molecule has 0 aliphatic carbocycles. The van der Waals surface area contributed by atoms with Crippen LogP contribution >= 0.6 is 23.2 Å². The molecule has 0 unspecified atom stereocenters. The number of nitrogens with zero attached hydrogens (tertiary/aromatic N) is 2. The van der Waals surface area contributed by atoms with Gasteiger partial charge in [-0.2, -0.15) is 0 Å². The van der Waals surface area contributed by atoms with Gasteiger partial charge in [-0.25, -0.2) is 0 Å². The molecule has 0 saturated heterocycles. The average Bonchev–Trinajstić information content (AvgIpc) is 2.52. The number of amides is 1. The number of pyridine rings is 1. The molecule has 0 aliphatic rings. The highest BCUT2D eigenvalue weighted by atomic mass is 35.5. The number of hydrogen-bond donors (Lipinski definition) is 1. The van der Waals surface area contributed by atoms with Crippen LogP contribution in [0.3, 0.4) is 0 Å². The highest BCUT2D eigenvalue weighted by Crippen LogP contribution is 2.28. The van der Waals surface area contributed by atoms with Crippen LogP contribution in [-0.4, -0.2) is 28.9 Å². The van der Waals surface area contributed by atoms with E-state index < -0.39 is 0 Å². The molecule has 1 heterocycles. The molecule has 0 atom stereocenters. The Morgan fingerprint density at radius 1 is 1.18 bits per heavy atom. The van der Waals surface area contributed by atoms with Crippen molar-refractivity contribution in [3.05, 3.63) is 52.3 Å². The van der Waals surface area contributed by atoms with E-state index in [1.807, 2.05) is 13.8 Å². The fourth-order valence-corrected chi connectivity index (χ4v) is 2.38. The van der Waals surface area contributed by atoms with Crippen LogP contribution in [0.2, 0.25) is 10.0 Å². The third-order valence-corrected chi connectivity index (χ3v) is 3.80. The van der Waals surface area contributed by atoms with Crippen LogP contribution in [-0.2, 0) is 0 Å². The van der Waals surface area contributed by atoms with E-state index in [0.29, 0.717) is 34.5 Å². The lowest BCUT2D eigenvalue weighted by Gasteiger charge is -2.18. The fourth-order valence-electron chi connectivity index (χ4n) is 2.05. The van der Waals surface area contributed by atoms with E-state index in [1.54, 1.807) is 41.4 Å². The second-order valence-electron chi connectivity index (χ2n) is 4.66. The number of nitrogens with one attached hydrogen (secondary N) is 1. The summed E-state index contributed by atoms with van der Waals surface area (Å²) in [7, 11) is 0. The van der Waals surface area contributed by atoms with Gasteiger partial charge in [-0.15, -0.1) is 0 Å². The van der Waals surface area contributed by atoms with Gasteiger partial charge in [0, 0.05) is 30.0 Å². The second kappa shape index (κ2) is 7.47. The first-order valence-corrected chi connectivity index (χ1v) is 7.78. The first-order valence-electron chi connectivity index (χ1n) is 7.02. The van der Waals surface area contributed by atoms with Crippen LogP contribution in [0.15, 0.2) is 36.5 Å². The lowest BCUT2D eigenvalue weighted by Crippen LogP contribution is -2.31. The first-order chi connectivity index (χ1) is 10.5. The van der Waals surface area contributed by atoms with Crippen LogP contribution in [0, 0.1) is 0 Å². The van der Waals surface area contributed by atoms with Gasteiger partial charge in [0.1, 0.15) is 5.69 Å². The average molecular weight is 338 g/mol. The minimum Gasteiger partial charge on any atom is -0.354 e. The fraction of sp³-hybridized carbons (Fsp3) is 0.250. The molecule has 0 spiro atoms. The number of aromatic nitrogens is 1. The Hall–Kier alpha value is -1.78. The molecule has 1 aromatic carbocycles. The zero-order valence-corrected chi connectivity index (χ0v) is 13.9. The molecule has 0 aliphatic heterocycles. The Balaban J connectivity index is 2.25. The maximum atomic E-state index is 12.3. The summed E-state index contributed by atoms with van der Waals surface area (Å²) in [6.45, 7) is 5.17. The molecule has 116 valence electrons. The van der Waals surface area contributed by atoms with Gasteiger partial charge in [-0.1, -0.05) is 23.2 Å². The molecule has 6 heteroatoms. The molecule has 0 radical (unpaired) electrons. The van der Waals surface area contributed by atoms with E-state index in [-0.39, 0.29) is 5.91 Å². The third kappa shape index (κ3) is 3.90. The van der Waals surface area contributed by atoms with Crippen LogP contribution in [0.5, 0.6) is 0 Å². The summed E-state index contributed by atoms with van der Waals surface area (Å²) in [6, 6.07) is 8.65. The highest BCUT2D eigenvalue weighted by Gasteiger charge is 2.14.